The van der Waals surface area contributed by atoms with Crippen LogP contribution in [0.1, 0.15) is 5.56 Å². The normalized spacial score (nSPS) is 11.4. The summed E-state index contributed by atoms with van der Waals surface area (Å²) in [5, 5.41) is 3.10. The first kappa shape index (κ1) is 16.7. The molecule has 1 heterocycles. The van der Waals surface area contributed by atoms with Crippen LogP contribution in [0.4, 0.5) is 30.7 Å². The molecule has 2 aromatic rings. The number of hydrogen-bond acceptors (Lipinski definition) is 2. The van der Waals surface area contributed by atoms with Crippen LogP contribution in [0.25, 0.3) is 5.69 Å². The summed E-state index contributed by atoms with van der Waals surface area (Å²) in [5.74, 6) is -6.85. The molecule has 0 N–H and O–H groups in total. The molecule has 0 aliphatic rings. The van der Waals surface area contributed by atoms with Crippen LogP contribution >= 0.6 is 0 Å². The van der Waals surface area contributed by atoms with Crippen LogP contribution in [-0.2, 0) is 6.18 Å². The highest BCUT2D eigenvalue weighted by Gasteiger charge is 2.39. The van der Waals surface area contributed by atoms with E-state index in [4.69, 9.17) is 6.42 Å². The summed E-state index contributed by atoms with van der Waals surface area (Å²) in [7, 11) is 0. The third-order valence-corrected chi connectivity index (χ3v) is 2.62. The fourth-order valence-electron chi connectivity index (χ4n) is 1.69. The van der Waals surface area contributed by atoms with Crippen LogP contribution in [0.5, 0.6) is 5.88 Å². The number of benzene rings is 1. The molecular weight excluding hydrogens is 333 g/mol. The van der Waals surface area contributed by atoms with Crippen molar-refractivity contribution in [3.63, 3.8) is 0 Å². The molecule has 0 amide bonds. The maximum Gasteiger partial charge on any atom is 0.423 e. The predicted octanol–water partition coefficient (Wildman–Crippen LogP) is 3.46. The highest BCUT2D eigenvalue weighted by atomic mass is 19.4. The summed E-state index contributed by atoms with van der Waals surface area (Å²) in [6.07, 6.45) is 0.0360. The first-order valence-corrected chi connectivity index (χ1v) is 5.73. The van der Waals surface area contributed by atoms with Gasteiger partial charge in [-0.25, -0.2) is 17.6 Å². The fourth-order valence-corrected chi connectivity index (χ4v) is 1.69. The Morgan fingerprint density at radius 2 is 1.70 bits per heavy atom. The van der Waals surface area contributed by atoms with E-state index in [1.165, 1.54) is 0 Å². The van der Waals surface area contributed by atoms with E-state index >= 15 is 0 Å². The van der Waals surface area contributed by atoms with E-state index in [-0.39, 0.29) is 16.9 Å². The fraction of sp³-hybridized carbons (Fsp3) is 0.154. The van der Waals surface area contributed by atoms with E-state index < -0.39 is 53.2 Å². The van der Waals surface area contributed by atoms with E-state index in [1.807, 2.05) is 5.92 Å². The molecule has 0 aliphatic heterocycles. The summed E-state index contributed by atoms with van der Waals surface area (Å²) in [4.78, 5) is 0. The second-order valence-corrected chi connectivity index (χ2v) is 4.08. The molecule has 3 nitrogen and oxygen atoms in total. The van der Waals surface area contributed by atoms with Gasteiger partial charge < -0.3 is 4.74 Å². The molecule has 0 fully saturated rings. The van der Waals surface area contributed by atoms with Gasteiger partial charge in [-0.2, -0.15) is 23.0 Å². The zero-order valence-corrected chi connectivity index (χ0v) is 10.9. The van der Waals surface area contributed by atoms with Crippen LogP contribution in [0.2, 0.25) is 0 Å². The van der Waals surface area contributed by atoms with E-state index in [1.54, 1.807) is 0 Å². The highest BCUT2D eigenvalue weighted by Crippen LogP contribution is 2.38. The Hall–Kier alpha value is -2.70. The molecule has 0 bridgehead atoms. The summed E-state index contributed by atoms with van der Waals surface area (Å²) in [6.45, 7) is -0.699. The van der Waals surface area contributed by atoms with Crippen molar-refractivity contribution in [1.29, 1.82) is 0 Å². The minimum Gasteiger partial charge on any atom is -0.464 e. The average Bonchev–Trinajstić information content (AvgIpc) is 2.87. The zero-order valence-electron chi connectivity index (χ0n) is 10.9. The van der Waals surface area contributed by atoms with Gasteiger partial charge in [0.25, 0.3) is 0 Å². The van der Waals surface area contributed by atoms with Gasteiger partial charge in [0.2, 0.25) is 5.88 Å². The SMILES string of the molecule is C#CCOc1c(C(F)(F)F)cnn1-c1c(F)c(F)cc(F)c1F. The minimum atomic E-state index is -5.00. The zero-order chi connectivity index (χ0) is 17.4. The quantitative estimate of drug-likeness (QED) is 0.487. The number of hydrogen-bond donors (Lipinski definition) is 0. The molecule has 122 valence electrons. The molecule has 0 saturated carbocycles. The van der Waals surface area contributed by atoms with Crippen LogP contribution < -0.4 is 4.74 Å². The van der Waals surface area contributed by atoms with Crippen molar-refractivity contribution in [1.82, 2.24) is 9.78 Å². The Bertz CT molecular complexity index is 763. The molecule has 0 atom stereocenters. The first-order valence-electron chi connectivity index (χ1n) is 5.73. The molecule has 1 aromatic carbocycles. The van der Waals surface area contributed by atoms with Gasteiger partial charge in [0.05, 0.1) is 6.20 Å². The van der Waals surface area contributed by atoms with Crippen molar-refractivity contribution in [2.75, 3.05) is 6.61 Å². The monoisotopic (exact) mass is 338 g/mol. The highest BCUT2D eigenvalue weighted by molar-refractivity contribution is 5.42. The van der Waals surface area contributed by atoms with Crippen molar-refractivity contribution in [2.45, 2.75) is 6.18 Å². The molecule has 0 unspecified atom stereocenters. The Labute approximate surface area is 124 Å². The number of rotatable bonds is 3. The lowest BCUT2D eigenvalue weighted by Crippen LogP contribution is -2.13. The summed E-state index contributed by atoms with van der Waals surface area (Å²) in [5.41, 5.74) is -3.01. The molecule has 0 spiro atoms. The molecule has 0 saturated heterocycles. The summed E-state index contributed by atoms with van der Waals surface area (Å²) >= 11 is 0. The largest absolute Gasteiger partial charge is 0.464 e. The van der Waals surface area contributed by atoms with E-state index in [2.05, 4.69) is 9.84 Å². The molecular formula is C13H5F7N2O. The second-order valence-electron chi connectivity index (χ2n) is 4.08. The third kappa shape index (κ3) is 2.94. The topological polar surface area (TPSA) is 27.1 Å². The summed E-state index contributed by atoms with van der Waals surface area (Å²) in [6, 6.07) is -0.0930. The molecule has 2 rings (SSSR count). The Morgan fingerprint density at radius 1 is 1.13 bits per heavy atom. The number of aromatic nitrogens is 2. The Kier molecular flexibility index (Phi) is 4.22. The van der Waals surface area contributed by atoms with Crippen molar-refractivity contribution >= 4 is 0 Å². The minimum absolute atomic E-state index is 0.0447. The maximum atomic E-state index is 13.7. The van der Waals surface area contributed by atoms with Crippen LogP contribution in [0, 0.1) is 35.6 Å². The molecule has 0 radical (unpaired) electrons. The third-order valence-electron chi connectivity index (χ3n) is 2.62. The van der Waals surface area contributed by atoms with Gasteiger partial charge in [0, 0.05) is 6.07 Å². The van der Waals surface area contributed by atoms with E-state index in [0.717, 1.165) is 0 Å². The van der Waals surface area contributed by atoms with Crippen molar-refractivity contribution in [3.8, 4) is 23.9 Å². The number of alkyl halides is 3. The number of halogens is 7. The van der Waals surface area contributed by atoms with Gasteiger partial charge in [-0.3, -0.25) is 0 Å². The van der Waals surface area contributed by atoms with Gasteiger partial charge in [-0.15, -0.1) is 6.42 Å². The molecule has 0 aliphatic carbocycles. The number of terminal acetylenes is 1. The van der Waals surface area contributed by atoms with E-state index in [9.17, 15) is 30.7 Å². The lowest BCUT2D eigenvalue weighted by atomic mass is 10.2. The lowest BCUT2D eigenvalue weighted by Gasteiger charge is -2.12. The predicted molar refractivity (Wildman–Crippen MR) is 62.7 cm³/mol. The first-order chi connectivity index (χ1) is 10.7. The number of ether oxygens (including phenoxy) is 1. The van der Waals surface area contributed by atoms with Crippen molar-refractivity contribution in [2.24, 2.45) is 0 Å². The van der Waals surface area contributed by atoms with Gasteiger partial charge in [-0.05, 0) is 0 Å². The smallest absolute Gasteiger partial charge is 0.423 e. The molecule has 23 heavy (non-hydrogen) atoms. The Morgan fingerprint density at radius 3 is 2.17 bits per heavy atom. The van der Waals surface area contributed by atoms with Gasteiger partial charge in [-0.1, -0.05) is 5.92 Å². The summed E-state index contributed by atoms with van der Waals surface area (Å²) < 4.78 is 96.9. The maximum absolute atomic E-state index is 13.7. The van der Waals surface area contributed by atoms with Crippen LogP contribution in [-0.4, -0.2) is 16.4 Å². The molecule has 1 aromatic heterocycles. The van der Waals surface area contributed by atoms with Crippen LogP contribution in [0.15, 0.2) is 12.3 Å². The van der Waals surface area contributed by atoms with Crippen molar-refractivity contribution in [3.05, 3.63) is 41.1 Å². The lowest BCUT2D eigenvalue weighted by molar-refractivity contribution is -0.138. The average molecular weight is 338 g/mol. The van der Waals surface area contributed by atoms with Gasteiger partial charge in [0.15, 0.2) is 29.9 Å². The van der Waals surface area contributed by atoms with Crippen molar-refractivity contribution < 1.29 is 35.5 Å². The van der Waals surface area contributed by atoms with Crippen LogP contribution in [0.3, 0.4) is 0 Å². The number of nitrogens with zero attached hydrogens (tertiary/aromatic N) is 2. The second kappa shape index (κ2) is 5.83. The van der Waals surface area contributed by atoms with Gasteiger partial charge in [0.1, 0.15) is 11.3 Å². The molecule has 10 heteroatoms. The van der Waals surface area contributed by atoms with E-state index in [0.29, 0.717) is 0 Å². The van der Waals surface area contributed by atoms with Gasteiger partial charge >= 0.3 is 6.18 Å². The standard InChI is InChI=1S/C13H5F7N2O/c1-2-3-23-12-6(13(18,19)20)5-21-22(12)11-9(16)7(14)4-8(15)10(11)17/h1,4-5H,3H2. The Balaban J connectivity index is 2.75.